The average molecular weight is 460 g/mol. The lowest BCUT2D eigenvalue weighted by molar-refractivity contribution is -0.114. The molecule has 11 heteroatoms. The van der Waals surface area contributed by atoms with Crippen molar-refractivity contribution in [3.8, 4) is 0 Å². The lowest BCUT2D eigenvalue weighted by Gasteiger charge is -2.36. The summed E-state index contributed by atoms with van der Waals surface area (Å²) in [4.78, 5) is 26.9. The molecule has 32 heavy (non-hydrogen) atoms. The summed E-state index contributed by atoms with van der Waals surface area (Å²) in [7, 11) is -1.48. The van der Waals surface area contributed by atoms with Crippen molar-refractivity contribution in [3.05, 3.63) is 36.7 Å². The number of nitrogens with one attached hydrogen (secondary N) is 1. The van der Waals surface area contributed by atoms with E-state index in [-0.39, 0.29) is 10.8 Å². The topological polar surface area (TPSA) is 102 Å². The van der Waals surface area contributed by atoms with Crippen LogP contribution in [-0.2, 0) is 14.8 Å². The third kappa shape index (κ3) is 5.00. The Kier molecular flexibility index (Phi) is 6.58. The summed E-state index contributed by atoms with van der Waals surface area (Å²) in [5.74, 6) is 1.54. The van der Waals surface area contributed by atoms with Crippen LogP contribution in [0.1, 0.15) is 6.92 Å². The van der Waals surface area contributed by atoms with Gasteiger partial charge >= 0.3 is 0 Å². The second kappa shape index (κ2) is 9.39. The van der Waals surface area contributed by atoms with Crippen LogP contribution in [0.4, 0.5) is 17.3 Å². The molecule has 1 aromatic heterocycles. The predicted molar refractivity (Wildman–Crippen MR) is 123 cm³/mol. The molecule has 10 nitrogen and oxygen atoms in total. The Morgan fingerprint density at radius 1 is 0.875 bits per heavy atom. The first-order chi connectivity index (χ1) is 15.3. The molecule has 1 amide bonds. The first-order valence-electron chi connectivity index (χ1n) is 10.7. The molecule has 2 saturated heterocycles. The van der Waals surface area contributed by atoms with Crippen LogP contribution in [0.3, 0.4) is 0 Å². The molecule has 2 aliphatic heterocycles. The molecule has 0 unspecified atom stereocenters. The summed E-state index contributed by atoms with van der Waals surface area (Å²) in [6.45, 7) is 7.15. The van der Waals surface area contributed by atoms with Crippen molar-refractivity contribution in [2.24, 2.45) is 0 Å². The van der Waals surface area contributed by atoms with Gasteiger partial charge in [0.1, 0.15) is 18.0 Å². The summed E-state index contributed by atoms with van der Waals surface area (Å²) in [5, 5.41) is 2.65. The monoisotopic (exact) mass is 459 g/mol. The molecule has 1 N–H and O–H groups in total. The van der Waals surface area contributed by atoms with Crippen LogP contribution in [0.2, 0.25) is 0 Å². The zero-order valence-corrected chi connectivity index (χ0v) is 19.3. The molecule has 3 heterocycles. The summed E-state index contributed by atoms with van der Waals surface area (Å²) in [6.07, 6.45) is 1.59. The van der Waals surface area contributed by atoms with Gasteiger partial charge in [-0.3, -0.25) is 4.79 Å². The normalized spacial score (nSPS) is 18.6. The Morgan fingerprint density at radius 3 is 1.94 bits per heavy atom. The van der Waals surface area contributed by atoms with Crippen molar-refractivity contribution in [3.63, 3.8) is 0 Å². The minimum atomic E-state index is -3.60. The van der Waals surface area contributed by atoms with Crippen LogP contribution in [-0.4, -0.2) is 92.9 Å². The molecule has 1 aromatic carbocycles. The van der Waals surface area contributed by atoms with Gasteiger partial charge in [0.25, 0.3) is 0 Å². The summed E-state index contributed by atoms with van der Waals surface area (Å²) in [5.41, 5.74) is 0.571. The number of hydrogen-bond donors (Lipinski definition) is 1. The number of aromatic nitrogens is 2. The van der Waals surface area contributed by atoms with E-state index in [1.165, 1.54) is 23.4 Å². The van der Waals surface area contributed by atoms with Gasteiger partial charge in [0.2, 0.25) is 15.9 Å². The molecule has 2 aromatic rings. The Labute approximate surface area is 188 Å². The highest BCUT2D eigenvalue weighted by atomic mass is 32.2. The minimum absolute atomic E-state index is 0.197. The van der Waals surface area contributed by atoms with Gasteiger partial charge in [-0.2, -0.15) is 4.31 Å². The molecule has 0 radical (unpaired) electrons. The third-order valence-electron chi connectivity index (χ3n) is 5.84. The van der Waals surface area contributed by atoms with Gasteiger partial charge in [0.15, 0.2) is 0 Å². The highest BCUT2D eigenvalue weighted by molar-refractivity contribution is 7.89. The molecule has 0 bridgehead atoms. The molecule has 172 valence electrons. The second-order valence-corrected chi connectivity index (χ2v) is 10.1. The summed E-state index contributed by atoms with van der Waals surface area (Å²) < 4.78 is 27.6. The predicted octanol–water partition coefficient (Wildman–Crippen LogP) is 0.698. The Morgan fingerprint density at radius 2 is 1.41 bits per heavy atom. The molecular formula is C21H29N7O3S. The van der Waals surface area contributed by atoms with E-state index in [1.54, 1.807) is 18.5 Å². The molecule has 2 fully saturated rings. The fourth-order valence-corrected chi connectivity index (χ4v) is 5.36. The van der Waals surface area contributed by atoms with Crippen LogP contribution >= 0.6 is 0 Å². The van der Waals surface area contributed by atoms with E-state index in [4.69, 9.17) is 0 Å². The van der Waals surface area contributed by atoms with E-state index in [0.29, 0.717) is 31.9 Å². The highest BCUT2D eigenvalue weighted by Gasteiger charge is 2.29. The lowest BCUT2D eigenvalue weighted by Crippen LogP contribution is -2.49. The van der Waals surface area contributed by atoms with Crippen LogP contribution in [0.15, 0.2) is 41.6 Å². The number of benzene rings is 1. The standard InChI is InChI=1S/C21H29N7O3S/c1-17(29)24-18-3-5-19(6-4-18)32(30,31)28-13-11-27(12-14-28)21-15-20(22-16-23-21)26-9-7-25(2)8-10-26/h3-6,15-16H,7-14H2,1-2H3,(H,24,29). The van der Waals surface area contributed by atoms with E-state index in [1.807, 2.05) is 6.07 Å². The van der Waals surface area contributed by atoms with Gasteiger partial charge < -0.3 is 20.0 Å². The summed E-state index contributed by atoms with van der Waals surface area (Å²) in [6, 6.07) is 8.26. The van der Waals surface area contributed by atoms with Crippen molar-refractivity contribution >= 4 is 33.3 Å². The number of carbonyl (C=O) groups is 1. The molecule has 0 aliphatic carbocycles. The van der Waals surface area contributed by atoms with Gasteiger partial charge in [-0.25, -0.2) is 18.4 Å². The van der Waals surface area contributed by atoms with E-state index in [2.05, 4.69) is 37.0 Å². The zero-order valence-electron chi connectivity index (χ0n) is 18.4. The molecule has 0 spiro atoms. The van der Waals surface area contributed by atoms with Crippen molar-refractivity contribution in [1.29, 1.82) is 0 Å². The van der Waals surface area contributed by atoms with Crippen LogP contribution in [0.5, 0.6) is 0 Å². The fourth-order valence-electron chi connectivity index (χ4n) is 3.94. The molecule has 0 atom stereocenters. The van der Waals surface area contributed by atoms with Crippen LogP contribution in [0, 0.1) is 0 Å². The van der Waals surface area contributed by atoms with E-state index in [9.17, 15) is 13.2 Å². The number of hydrogen-bond acceptors (Lipinski definition) is 8. The quantitative estimate of drug-likeness (QED) is 0.697. The minimum Gasteiger partial charge on any atom is -0.354 e. The van der Waals surface area contributed by atoms with Gasteiger partial charge in [-0.1, -0.05) is 0 Å². The van der Waals surface area contributed by atoms with E-state index >= 15 is 0 Å². The summed E-state index contributed by atoms with van der Waals surface area (Å²) >= 11 is 0. The van der Waals surface area contributed by atoms with Crippen molar-refractivity contribution < 1.29 is 13.2 Å². The number of sulfonamides is 1. The zero-order chi connectivity index (χ0) is 22.7. The SMILES string of the molecule is CC(=O)Nc1ccc(S(=O)(=O)N2CCN(c3cc(N4CCN(C)CC4)ncn3)CC2)cc1. The Bertz CT molecular complexity index is 1050. The van der Waals surface area contributed by atoms with Crippen molar-refractivity contribution in [2.75, 3.05) is 74.5 Å². The lowest BCUT2D eigenvalue weighted by atomic mass is 10.3. The fraction of sp³-hybridized carbons (Fsp3) is 0.476. The number of likely N-dealkylation sites (N-methyl/N-ethyl adjacent to an activating group) is 1. The number of anilines is 3. The maximum atomic E-state index is 13.0. The Hall–Kier alpha value is -2.76. The van der Waals surface area contributed by atoms with Crippen molar-refractivity contribution in [2.45, 2.75) is 11.8 Å². The maximum Gasteiger partial charge on any atom is 0.243 e. The van der Waals surface area contributed by atoms with Crippen LogP contribution < -0.4 is 15.1 Å². The molecule has 4 rings (SSSR count). The van der Waals surface area contributed by atoms with E-state index in [0.717, 1.165) is 37.8 Å². The number of rotatable bonds is 5. The van der Waals surface area contributed by atoms with Crippen molar-refractivity contribution in [1.82, 2.24) is 19.2 Å². The molecule has 0 saturated carbocycles. The number of carbonyl (C=O) groups excluding carboxylic acids is 1. The smallest absolute Gasteiger partial charge is 0.243 e. The third-order valence-corrected chi connectivity index (χ3v) is 7.75. The highest BCUT2D eigenvalue weighted by Crippen LogP contribution is 2.23. The Balaban J connectivity index is 1.39. The molecular weight excluding hydrogens is 430 g/mol. The van der Waals surface area contributed by atoms with Gasteiger partial charge in [0.05, 0.1) is 4.90 Å². The van der Waals surface area contributed by atoms with Gasteiger partial charge in [0, 0.05) is 71.0 Å². The largest absolute Gasteiger partial charge is 0.354 e. The van der Waals surface area contributed by atoms with Gasteiger partial charge in [-0.05, 0) is 31.3 Å². The second-order valence-electron chi connectivity index (χ2n) is 8.12. The number of nitrogens with zero attached hydrogens (tertiary/aromatic N) is 6. The molecule has 2 aliphatic rings. The maximum absolute atomic E-state index is 13.0. The first kappa shape index (κ1) is 22.4. The van der Waals surface area contributed by atoms with Gasteiger partial charge in [-0.15, -0.1) is 0 Å². The first-order valence-corrected chi connectivity index (χ1v) is 12.2. The number of amides is 1. The number of piperazine rings is 2. The van der Waals surface area contributed by atoms with E-state index < -0.39 is 10.0 Å². The van der Waals surface area contributed by atoms with Crippen LogP contribution in [0.25, 0.3) is 0 Å². The average Bonchev–Trinajstić information content (AvgIpc) is 2.80.